The van der Waals surface area contributed by atoms with E-state index in [2.05, 4.69) is 16.0 Å². The van der Waals surface area contributed by atoms with Gasteiger partial charge in [-0.3, -0.25) is 4.79 Å². The van der Waals surface area contributed by atoms with Crippen molar-refractivity contribution in [3.8, 4) is 0 Å². The van der Waals surface area contributed by atoms with Crippen LogP contribution in [0.3, 0.4) is 0 Å². The number of carbonyl (C=O) groups excluding carboxylic acids is 2. The van der Waals surface area contributed by atoms with E-state index in [1.54, 1.807) is 14.1 Å². The molecule has 1 rings (SSSR count). The summed E-state index contributed by atoms with van der Waals surface area (Å²) >= 11 is 0. The van der Waals surface area contributed by atoms with E-state index in [9.17, 15) is 9.59 Å². The van der Waals surface area contributed by atoms with E-state index in [4.69, 9.17) is 0 Å². The summed E-state index contributed by atoms with van der Waals surface area (Å²) in [6, 6.07) is -0.142. The minimum absolute atomic E-state index is 0.0732. The Balaban J connectivity index is 2.06. The van der Waals surface area contributed by atoms with Crippen LogP contribution in [-0.4, -0.2) is 57.1 Å². The van der Waals surface area contributed by atoms with Gasteiger partial charge >= 0.3 is 6.03 Å². The average molecular weight is 228 g/mol. The summed E-state index contributed by atoms with van der Waals surface area (Å²) in [5.41, 5.74) is 0. The van der Waals surface area contributed by atoms with E-state index in [-0.39, 0.29) is 17.9 Å². The summed E-state index contributed by atoms with van der Waals surface area (Å²) in [6.45, 7) is 2.61. The molecule has 0 saturated carbocycles. The molecule has 0 aromatic rings. The molecule has 1 heterocycles. The van der Waals surface area contributed by atoms with Crippen LogP contribution in [0.4, 0.5) is 4.79 Å². The monoisotopic (exact) mass is 228 g/mol. The van der Waals surface area contributed by atoms with Crippen molar-refractivity contribution in [1.29, 1.82) is 0 Å². The summed E-state index contributed by atoms with van der Waals surface area (Å²) < 4.78 is 0. The molecule has 3 N–H and O–H groups in total. The van der Waals surface area contributed by atoms with Gasteiger partial charge in [0.05, 0.1) is 5.92 Å². The number of hydrogen-bond acceptors (Lipinski definition) is 3. The third-order valence-electron chi connectivity index (χ3n) is 2.54. The maximum absolute atomic E-state index is 11.5. The fourth-order valence-corrected chi connectivity index (χ4v) is 1.54. The molecule has 1 atom stereocenters. The fraction of sp³-hybridized carbons (Fsp3) is 0.800. The van der Waals surface area contributed by atoms with Gasteiger partial charge in [0.25, 0.3) is 0 Å². The number of urea groups is 1. The van der Waals surface area contributed by atoms with Crippen LogP contribution in [0.25, 0.3) is 0 Å². The van der Waals surface area contributed by atoms with Crippen molar-refractivity contribution in [3.05, 3.63) is 0 Å². The Morgan fingerprint density at radius 3 is 2.56 bits per heavy atom. The molecule has 1 aliphatic rings. The minimum atomic E-state index is -0.142. The summed E-state index contributed by atoms with van der Waals surface area (Å²) in [5.74, 6) is 0.161. The van der Waals surface area contributed by atoms with Gasteiger partial charge in [-0.05, 0) is 13.0 Å². The van der Waals surface area contributed by atoms with Crippen molar-refractivity contribution in [2.45, 2.75) is 6.42 Å². The van der Waals surface area contributed by atoms with Crippen molar-refractivity contribution in [2.75, 3.05) is 40.3 Å². The van der Waals surface area contributed by atoms with Crippen LogP contribution < -0.4 is 16.0 Å². The van der Waals surface area contributed by atoms with E-state index in [1.165, 1.54) is 4.90 Å². The highest BCUT2D eigenvalue weighted by atomic mass is 16.2. The summed E-state index contributed by atoms with van der Waals surface area (Å²) in [5, 5.41) is 8.63. The summed E-state index contributed by atoms with van der Waals surface area (Å²) in [7, 11) is 3.36. The van der Waals surface area contributed by atoms with Gasteiger partial charge in [0.15, 0.2) is 0 Å². The summed E-state index contributed by atoms with van der Waals surface area (Å²) in [6.07, 6.45) is 0.899. The first-order valence-electron chi connectivity index (χ1n) is 5.55. The molecule has 0 aromatic carbocycles. The molecule has 1 aliphatic heterocycles. The van der Waals surface area contributed by atoms with Crippen LogP contribution in [0.2, 0.25) is 0 Å². The topological polar surface area (TPSA) is 73.5 Å². The molecule has 6 heteroatoms. The van der Waals surface area contributed by atoms with Gasteiger partial charge in [-0.2, -0.15) is 0 Å². The Bertz CT molecular complexity index is 249. The van der Waals surface area contributed by atoms with E-state index < -0.39 is 0 Å². The molecule has 0 spiro atoms. The van der Waals surface area contributed by atoms with Crippen LogP contribution in [0.1, 0.15) is 6.42 Å². The Hall–Kier alpha value is -1.30. The van der Waals surface area contributed by atoms with Gasteiger partial charge in [-0.1, -0.05) is 0 Å². The number of amides is 3. The first-order valence-corrected chi connectivity index (χ1v) is 5.55. The van der Waals surface area contributed by atoms with Crippen molar-refractivity contribution in [3.63, 3.8) is 0 Å². The number of nitrogens with one attached hydrogen (secondary N) is 3. The zero-order valence-electron chi connectivity index (χ0n) is 9.88. The SMILES string of the molecule is CN(C)C(=O)NCCNC(=O)C1CCNC1. The van der Waals surface area contributed by atoms with E-state index in [1.807, 2.05) is 0 Å². The summed E-state index contributed by atoms with van der Waals surface area (Å²) in [4.78, 5) is 24.1. The van der Waals surface area contributed by atoms with Gasteiger partial charge in [-0.25, -0.2) is 4.79 Å². The van der Waals surface area contributed by atoms with Gasteiger partial charge in [0, 0.05) is 33.7 Å². The van der Waals surface area contributed by atoms with Crippen molar-refractivity contribution < 1.29 is 9.59 Å². The normalized spacial score (nSPS) is 19.2. The zero-order chi connectivity index (χ0) is 12.0. The quantitative estimate of drug-likeness (QED) is 0.539. The average Bonchev–Trinajstić information content (AvgIpc) is 2.76. The van der Waals surface area contributed by atoms with E-state index >= 15 is 0 Å². The van der Waals surface area contributed by atoms with Gasteiger partial charge < -0.3 is 20.9 Å². The fourth-order valence-electron chi connectivity index (χ4n) is 1.54. The molecule has 0 aliphatic carbocycles. The zero-order valence-corrected chi connectivity index (χ0v) is 9.88. The Morgan fingerprint density at radius 1 is 1.31 bits per heavy atom. The second-order valence-electron chi connectivity index (χ2n) is 4.11. The molecule has 0 radical (unpaired) electrons. The maximum atomic E-state index is 11.5. The van der Waals surface area contributed by atoms with E-state index in [0.29, 0.717) is 13.1 Å². The highest BCUT2D eigenvalue weighted by Gasteiger charge is 2.21. The van der Waals surface area contributed by atoms with Gasteiger partial charge in [0.2, 0.25) is 5.91 Å². The molecule has 3 amide bonds. The first kappa shape index (κ1) is 12.8. The molecule has 1 unspecified atom stereocenters. The lowest BCUT2D eigenvalue weighted by Crippen LogP contribution is -2.41. The Morgan fingerprint density at radius 2 is 2.00 bits per heavy atom. The molecule has 92 valence electrons. The van der Waals surface area contributed by atoms with Crippen LogP contribution in [0, 0.1) is 5.92 Å². The molecule has 0 bridgehead atoms. The number of carbonyl (C=O) groups is 2. The molecular weight excluding hydrogens is 208 g/mol. The van der Waals surface area contributed by atoms with Crippen LogP contribution in [-0.2, 0) is 4.79 Å². The number of rotatable bonds is 4. The molecule has 16 heavy (non-hydrogen) atoms. The lowest BCUT2D eigenvalue weighted by molar-refractivity contribution is -0.124. The van der Waals surface area contributed by atoms with Gasteiger partial charge in [-0.15, -0.1) is 0 Å². The number of nitrogens with zero attached hydrogens (tertiary/aromatic N) is 1. The maximum Gasteiger partial charge on any atom is 0.316 e. The standard InChI is InChI=1S/C10H20N4O2/c1-14(2)10(16)13-6-5-12-9(15)8-3-4-11-7-8/h8,11H,3-7H2,1-2H3,(H,12,15)(H,13,16). The van der Waals surface area contributed by atoms with Crippen LogP contribution in [0.5, 0.6) is 0 Å². The molecular formula is C10H20N4O2. The van der Waals surface area contributed by atoms with Crippen molar-refractivity contribution in [1.82, 2.24) is 20.9 Å². The highest BCUT2D eigenvalue weighted by molar-refractivity contribution is 5.79. The third-order valence-corrected chi connectivity index (χ3v) is 2.54. The van der Waals surface area contributed by atoms with Gasteiger partial charge in [0.1, 0.15) is 0 Å². The highest BCUT2D eigenvalue weighted by Crippen LogP contribution is 2.06. The first-order chi connectivity index (χ1) is 7.61. The Kier molecular flexibility index (Phi) is 5.04. The second-order valence-corrected chi connectivity index (χ2v) is 4.11. The van der Waals surface area contributed by atoms with Crippen molar-refractivity contribution in [2.24, 2.45) is 5.92 Å². The number of hydrogen-bond donors (Lipinski definition) is 3. The Labute approximate surface area is 95.8 Å². The molecule has 6 nitrogen and oxygen atoms in total. The second kappa shape index (κ2) is 6.32. The van der Waals surface area contributed by atoms with Crippen LogP contribution in [0.15, 0.2) is 0 Å². The predicted octanol–water partition coefficient (Wildman–Crippen LogP) is -1.02. The molecule has 0 aromatic heterocycles. The molecule has 1 saturated heterocycles. The third kappa shape index (κ3) is 4.06. The minimum Gasteiger partial charge on any atom is -0.354 e. The predicted molar refractivity (Wildman–Crippen MR) is 61.1 cm³/mol. The lowest BCUT2D eigenvalue weighted by atomic mass is 10.1. The van der Waals surface area contributed by atoms with E-state index in [0.717, 1.165) is 19.5 Å². The largest absolute Gasteiger partial charge is 0.354 e. The lowest BCUT2D eigenvalue weighted by Gasteiger charge is -2.13. The molecule has 1 fully saturated rings. The van der Waals surface area contributed by atoms with Crippen molar-refractivity contribution >= 4 is 11.9 Å². The smallest absolute Gasteiger partial charge is 0.316 e. The van der Waals surface area contributed by atoms with Crippen LogP contribution >= 0.6 is 0 Å².